The third-order valence-corrected chi connectivity index (χ3v) is 1.41. The van der Waals surface area contributed by atoms with Gasteiger partial charge in [-0.3, -0.25) is 0 Å². The quantitative estimate of drug-likeness (QED) is 0.293. The van der Waals surface area contributed by atoms with Crippen molar-refractivity contribution in [2.75, 3.05) is 6.61 Å². The van der Waals surface area contributed by atoms with Crippen molar-refractivity contribution in [3.8, 4) is 0 Å². The second kappa shape index (κ2) is 3.48. The zero-order valence-electron chi connectivity index (χ0n) is 5.97. The van der Waals surface area contributed by atoms with Crippen LogP contribution in [0.2, 0.25) is 0 Å². The van der Waals surface area contributed by atoms with Crippen LogP contribution in [-0.4, -0.2) is 50.6 Å². The number of rotatable bonds is 4. The van der Waals surface area contributed by atoms with Crippen molar-refractivity contribution >= 4 is 11.9 Å². The van der Waals surface area contributed by atoms with E-state index < -0.39 is 30.2 Å². The van der Waals surface area contributed by atoms with Crippen LogP contribution in [0.3, 0.4) is 0 Å². The molecule has 70 valence electrons. The predicted molar refractivity (Wildman–Crippen MR) is 35.3 cm³/mol. The lowest BCUT2D eigenvalue weighted by Crippen LogP contribution is -2.64. The molecule has 6 N–H and O–H groups in total. The molecule has 0 rings (SSSR count). The Morgan fingerprint density at radius 1 is 1.33 bits per heavy atom. The van der Waals surface area contributed by atoms with Gasteiger partial charge in [0.05, 0.1) is 6.61 Å². The Morgan fingerprint density at radius 3 is 1.75 bits per heavy atom. The molecule has 0 amide bonds. The van der Waals surface area contributed by atoms with E-state index in [2.05, 4.69) is 0 Å². The summed E-state index contributed by atoms with van der Waals surface area (Å²) in [6, 6.07) is 0. The first-order valence-electron chi connectivity index (χ1n) is 2.92. The van der Waals surface area contributed by atoms with E-state index in [1.165, 1.54) is 0 Å². The molecule has 0 spiro atoms. The highest BCUT2D eigenvalue weighted by Gasteiger charge is 2.49. The van der Waals surface area contributed by atoms with Gasteiger partial charge in [0.15, 0.2) is 0 Å². The molecule has 0 bridgehead atoms. The fraction of sp³-hybridized carbons (Fsp3) is 0.600. The van der Waals surface area contributed by atoms with Crippen LogP contribution >= 0.6 is 0 Å². The van der Waals surface area contributed by atoms with Crippen LogP contribution in [0.1, 0.15) is 0 Å². The maximum absolute atomic E-state index is 10.3. The van der Waals surface area contributed by atoms with Crippen molar-refractivity contribution in [2.45, 2.75) is 11.6 Å². The summed E-state index contributed by atoms with van der Waals surface area (Å²) in [7, 11) is 0. The first kappa shape index (κ1) is 10.8. The first-order valence-corrected chi connectivity index (χ1v) is 2.92. The van der Waals surface area contributed by atoms with Gasteiger partial charge in [0.2, 0.25) is 5.54 Å². The number of aliphatic carboxylic acids is 2. The Hall–Kier alpha value is -1.18. The van der Waals surface area contributed by atoms with Crippen molar-refractivity contribution in [1.29, 1.82) is 0 Å². The number of carbonyl (C=O) groups is 2. The summed E-state index contributed by atoms with van der Waals surface area (Å²) in [4.78, 5) is 20.6. The summed E-state index contributed by atoms with van der Waals surface area (Å²) in [5, 5.41) is 33.7. The number of carboxylic acid groups (broad SMARTS) is 2. The van der Waals surface area contributed by atoms with Crippen LogP contribution in [0.15, 0.2) is 0 Å². The smallest absolute Gasteiger partial charge is 0.338 e. The summed E-state index contributed by atoms with van der Waals surface area (Å²) in [6.45, 7) is -1.03. The van der Waals surface area contributed by atoms with Gasteiger partial charge in [-0.2, -0.15) is 0 Å². The minimum atomic E-state index is -2.85. The van der Waals surface area contributed by atoms with E-state index in [9.17, 15) is 9.59 Å². The molecule has 0 aromatic carbocycles. The van der Waals surface area contributed by atoms with Gasteiger partial charge in [-0.25, -0.2) is 9.59 Å². The Bertz CT molecular complexity index is 188. The fourth-order valence-electron chi connectivity index (χ4n) is 0.521. The zero-order valence-corrected chi connectivity index (χ0v) is 5.97. The van der Waals surface area contributed by atoms with Gasteiger partial charge in [-0.05, 0) is 0 Å². The van der Waals surface area contributed by atoms with Crippen molar-refractivity contribution in [2.24, 2.45) is 5.73 Å². The molecule has 0 fully saturated rings. The number of hydrogen-bond donors (Lipinski definition) is 5. The molecular weight excluding hydrogens is 170 g/mol. The molecule has 7 heteroatoms. The maximum atomic E-state index is 10.3. The van der Waals surface area contributed by atoms with E-state index in [0.717, 1.165) is 0 Å². The Kier molecular flexibility index (Phi) is 3.14. The number of nitrogens with two attached hydrogens (primary N) is 1. The number of aliphatic hydroxyl groups excluding tert-OH is 2. The van der Waals surface area contributed by atoms with Crippen molar-refractivity contribution in [3.63, 3.8) is 0 Å². The molecule has 7 nitrogen and oxygen atoms in total. The maximum Gasteiger partial charge on any atom is 0.338 e. The molecule has 0 aliphatic heterocycles. The molecule has 0 aliphatic carbocycles. The number of hydrogen-bond acceptors (Lipinski definition) is 5. The molecule has 0 aliphatic rings. The summed E-state index contributed by atoms with van der Waals surface area (Å²) in [5.74, 6) is -3.81. The molecule has 0 saturated carbocycles. The van der Waals surface area contributed by atoms with Crippen LogP contribution in [0, 0.1) is 0 Å². The Morgan fingerprint density at radius 2 is 1.67 bits per heavy atom. The monoisotopic (exact) mass is 179 g/mol. The molecule has 0 saturated heterocycles. The molecule has 0 heterocycles. The standard InChI is InChI=1S/C5H9NO6/c6-5(3(9)10,4(11)12)2(8)1-7/h2,7-8H,1,6H2,(H,9,10)(H,11,12). The molecule has 1 atom stereocenters. The molecular formula is C5H9NO6. The number of aliphatic hydroxyl groups is 2. The van der Waals surface area contributed by atoms with Gasteiger partial charge in [-0.15, -0.1) is 0 Å². The molecule has 12 heavy (non-hydrogen) atoms. The van der Waals surface area contributed by atoms with E-state index in [1.54, 1.807) is 0 Å². The van der Waals surface area contributed by atoms with Gasteiger partial charge < -0.3 is 26.2 Å². The lowest BCUT2D eigenvalue weighted by Gasteiger charge is -2.23. The molecule has 1 unspecified atom stereocenters. The third-order valence-electron chi connectivity index (χ3n) is 1.41. The second-order valence-corrected chi connectivity index (χ2v) is 2.18. The van der Waals surface area contributed by atoms with Crippen LogP contribution in [-0.2, 0) is 9.59 Å². The van der Waals surface area contributed by atoms with E-state index in [-0.39, 0.29) is 0 Å². The van der Waals surface area contributed by atoms with Gasteiger partial charge in [0.25, 0.3) is 0 Å². The average Bonchev–Trinajstić information content (AvgIpc) is 2.00. The van der Waals surface area contributed by atoms with E-state index in [1.807, 2.05) is 0 Å². The van der Waals surface area contributed by atoms with Crippen LogP contribution in [0.4, 0.5) is 0 Å². The minimum Gasteiger partial charge on any atom is -0.479 e. The topological polar surface area (TPSA) is 141 Å². The molecule has 0 radical (unpaired) electrons. The lowest BCUT2D eigenvalue weighted by molar-refractivity contribution is -0.164. The van der Waals surface area contributed by atoms with Gasteiger partial charge >= 0.3 is 11.9 Å². The van der Waals surface area contributed by atoms with E-state index in [4.69, 9.17) is 26.2 Å². The SMILES string of the molecule is NC(C(=O)O)(C(=O)O)C(O)CO. The van der Waals surface area contributed by atoms with Crippen LogP contribution < -0.4 is 5.73 Å². The summed E-state index contributed by atoms with van der Waals surface area (Å²) in [5.41, 5.74) is 1.98. The highest BCUT2D eigenvalue weighted by Crippen LogP contribution is 2.07. The molecule has 0 aromatic heterocycles. The third kappa shape index (κ3) is 1.52. The zero-order chi connectivity index (χ0) is 9.94. The number of carboxylic acids is 2. The fourth-order valence-corrected chi connectivity index (χ4v) is 0.521. The largest absolute Gasteiger partial charge is 0.479 e. The van der Waals surface area contributed by atoms with E-state index >= 15 is 0 Å². The highest BCUT2D eigenvalue weighted by molar-refractivity contribution is 6.03. The van der Waals surface area contributed by atoms with Crippen molar-refractivity contribution in [1.82, 2.24) is 0 Å². The van der Waals surface area contributed by atoms with Gasteiger partial charge in [0, 0.05) is 0 Å². The highest BCUT2D eigenvalue weighted by atomic mass is 16.4. The van der Waals surface area contributed by atoms with Gasteiger partial charge in [-0.1, -0.05) is 0 Å². The Labute approximate surface area is 67.0 Å². The van der Waals surface area contributed by atoms with Crippen LogP contribution in [0.5, 0.6) is 0 Å². The lowest BCUT2D eigenvalue weighted by atomic mass is 9.94. The second-order valence-electron chi connectivity index (χ2n) is 2.18. The predicted octanol–water partition coefficient (Wildman–Crippen LogP) is -2.79. The summed E-state index contributed by atoms with van der Waals surface area (Å²) < 4.78 is 0. The van der Waals surface area contributed by atoms with Gasteiger partial charge in [0.1, 0.15) is 6.10 Å². The summed E-state index contributed by atoms with van der Waals surface area (Å²) >= 11 is 0. The molecule has 0 aromatic rings. The average molecular weight is 179 g/mol. The van der Waals surface area contributed by atoms with Crippen LogP contribution in [0.25, 0.3) is 0 Å². The van der Waals surface area contributed by atoms with Crippen molar-refractivity contribution in [3.05, 3.63) is 0 Å². The first-order chi connectivity index (χ1) is 5.37. The minimum absolute atomic E-state index is 1.03. The van der Waals surface area contributed by atoms with E-state index in [0.29, 0.717) is 0 Å². The summed E-state index contributed by atoms with van der Waals surface area (Å²) in [6.07, 6.45) is -2.03. The Balaban J connectivity index is 4.87. The van der Waals surface area contributed by atoms with Crippen molar-refractivity contribution < 1.29 is 30.0 Å². The normalized spacial score (nSPS) is 13.9.